The third-order valence-corrected chi connectivity index (χ3v) is 6.97. The van der Waals surface area contributed by atoms with Crippen molar-refractivity contribution in [3.63, 3.8) is 0 Å². The summed E-state index contributed by atoms with van der Waals surface area (Å²) in [6.07, 6.45) is 2.08. The van der Waals surface area contributed by atoms with Gasteiger partial charge in [-0.2, -0.15) is 0 Å². The first kappa shape index (κ1) is 24.2. The summed E-state index contributed by atoms with van der Waals surface area (Å²) in [4.78, 5) is 2.27. The minimum absolute atomic E-state index is 0.0621. The van der Waals surface area contributed by atoms with Crippen LogP contribution in [0, 0.1) is 5.41 Å². The van der Waals surface area contributed by atoms with Gasteiger partial charge in [0.15, 0.2) is 5.01 Å². The lowest BCUT2D eigenvalue weighted by Crippen LogP contribution is -2.61. The van der Waals surface area contributed by atoms with E-state index in [1.807, 2.05) is 25.1 Å². The second-order valence-electron chi connectivity index (χ2n) is 10.1. The van der Waals surface area contributed by atoms with Gasteiger partial charge in [-0.15, -0.1) is 10.2 Å². The van der Waals surface area contributed by atoms with E-state index in [-0.39, 0.29) is 11.1 Å². The van der Waals surface area contributed by atoms with Crippen molar-refractivity contribution in [2.45, 2.75) is 71.5 Å². The lowest BCUT2D eigenvalue weighted by atomic mass is 9.79. The number of allylic oxidation sites excluding steroid dienone is 2. The number of piperidine rings is 1. The van der Waals surface area contributed by atoms with Gasteiger partial charge in [0.05, 0.1) is 12.7 Å². The zero-order chi connectivity index (χ0) is 23.8. The van der Waals surface area contributed by atoms with Gasteiger partial charge in [-0.1, -0.05) is 17.4 Å². The highest BCUT2D eigenvalue weighted by atomic mass is 32.1. The predicted molar refractivity (Wildman–Crippen MR) is 135 cm³/mol. The maximum atomic E-state index is 8.06. The number of nitrogens with one attached hydrogen (secondary N) is 2. The highest BCUT2D eigenvalue weighted by molar-refractivity contribution is 7.18. The van der Waals surface area contributed by atoms with Crippen molar-refractivity contribution in [3.05, 3.63) is 29.5 Å². The Morgan fingerprint density at radius 3 is 2.34 bits per heavy atom. The minimum atomic E-state index is 0.0621. The molecule has 0 unspecified atom stereocenters. The smallest absolute Gasteiger partial charge is 0.208 e. The third-order valence-electron chi connectivity index (χ3n) is 5.92. The van der Waals surface area contributed by atoms with Gasteiger partial charge in [-0.25, -0.2) is 0 Å². The number of benzene rings is 1. The lowest BCUT2D eigenvalue weighted by molar-refractivity contribution is 0.161. The van der Waals surface area contributed by atoms with E-state index in [0.717, 1.165) is 39.7 Å². The monoisotopic (exact) mass is 456 g/mol. The summed E-state index contributed by atoms with van der Waals surface area (Å²) in [6, 6.07) is 6.23. The van der Waals surface area contributed by atoms with Gasteiger partial charge in [0.1, 0.15) is 5.75 Å². The number of nitrogens with two attached hydrogens (primary N) is 1. The predicted octanol–water partition coefficient (Wildman–Crippen LogP) is 4.69. The molecule has 1 aromatic carbocycles. The minimum Gasteiger partial charge on any atom is -0.496 e. The Morgan fingerprint density at radius 1 is 1.19 bits per heavy atom. The molecule has 0 spiro atoms. The fraction of sp³-hybridized carbons (Fsp3) is 0.542. The average molecular weight is 457 g/mol. The number of anilines is 1. The molecular weight excluding hydrogens is 420 g/mol. The summed E-state index contributed by atoms with van der Waals surface area (Å²) >= 11 is 1.57. The molecule has 174 valence electrons. The molecule has 4 N–H and O–H groups in total. The number of methoxy groups -OCH3 is 1. The Bertz CT molecular complexity index is 1020. The van der Waals surface area contributed by atoms with Crippen molar-refractivity contribution in [1.29, 1.82) is 5.41 Å². The van der Waals surface area contributed by atoms with Crippen molar-refractivity contribution in [2.75, 3.05) is 19.1 Å². The van der Waals surface area contributed by atoms with Crippen molar-refractivity contribution >= 4 is 27.8 Å². The molecule has 2 heterocycles. The first-order valence-electron chi connectivity index (χ1n) is 10.9. The molecule has 1 aromatic heterocycles. The SMILES string of the molecule is COc1cc(C(C(C)=N)=C(C)N)ccc1-c1nnc(N(C)C2CC(C)(C)NC(C)(C)C2)s1. The van der Waals surface area contributed by atoms with Crippen LogP contribution in [0.4, 0.5) is 5.13 Å². The number of aromatic nitrogens is 2. The molecule has 3 rings (SSSR count). The molecule has 7 nitrogen and oxygen atoms in total. The molecule has 1 fully saturated rings. The van der Waals surface area contributed by atoms with Gasteiger partial charge < -0.3 is 26.1 Å². The van der Waals surface area contributed by atoms with Crippen LogP contribution in [0.1, 0.15) is 59.9 Å². The number of nitrogens with zero attached hydrogens (tertiary/aromatic N) is 3. The molecule has 1 saturated heterocycles. The number of rotatable bonds is 6. The standard InChI is InChI=1S/C24H36N6OS/c1-14(25)20(15(2)26)16-9-10-18(19(11-16)31-8)21-27-28-22(32-21)30(7)17-12-23(3,4)29-24(5,6)13-17/h9-11,17,25,29H,12-13,26H2,1-8H3. The molecule has 2 aromatic rings. The van der Waals surface area contributed by atoms with Crippen LogP contribution >= 0.6 is 11.3 Å². The normalized spacial score (nSPS) is 18.8. The Hall–Kier alpha value is -2.45. The molecule has 1 aliphatic rings. The Kier molecular flexibility index (Phi) is 6.67. The van der Waals surface area contributed by atoms with Crippen LogP contribution < -0.4 is 20.7 Å². The highest BCUT2D eigenvalue weighted by Crippen LogP contribution is 2.39. The van der Waals surface area contributed by atoms with Gasteiger partial charge >= 0.3 is 0 Å². The molecule has 1 aliphatic heterocycles. The fourth-order valence-corrected chi connectivity index (χ4v) is 5.84. The zero-order valence-corrected chi connectivity index (χ0v) is 21.3. The summed E-state index contributed by atoms with van der Waals surface area (Å²) in [7, 11) is 3.76. The van der Waals surface area contributed by atoms with Crippen LogP contribution in [0.2, 0.25) is 0 Å². The Morgan fingerprint density at radius 2 is 1.81 bits per heavy atom. The molecule has 0 atom stereocenters. The fourth-order valence-electron chi connectivity index (χ4n) is 4.93. The van der Waals surface area contributed by atoms with E-state index in [9.17, 15) is 0 Å². The maximum absolute atomic E-state index is 8.06. The van der Waals surface area contributed by atoms with Gasteiger partial charge in [0.25, 0.3) is 0 Å². The molecule has 0 bridgehead atoms. The number of ether oxygens (including phenoxy) is 1. The van der Waals surface area contributed by atoms with E-state index in [4.69, 9.17) is 15.9 Å². The third kappa shape index (κ3) is 5.13. The van der Waals surface area contributed by atoms with Crippen molar-refractivity contribution in [2.24, 2.45) is 5.73 Å². The lowest BCUT2D eigenvalue weighted by Gasteiger charge is -2.48. The van der Waals surface area contributed by atoms with Gasteiger partial charge in [-0.3, -0.25) is 0 Å². The summed E-state index contributed by atoms with van der Waals surface area (Å²) in [5.74, 6) is 0.692. The molecule has 0 aliphatic carbocycles. The average Bonchev–Trinajstić information content (AvgIpc) is 3.14. The molecular formula is C24H36N6OS. The number of hydrogen-bond acceptors (Lipinski definition) is 8. The summed E-state index contributed by atoms with van der Waals surface area (Å²) < 4.78 is 5.67. The Labute approximate surface area is 195 Å². The van der Waals surface area contributed by atoms with Crippen LogP contribution in [0.25, 0.3) is 16.1 Å². The van der Waals surface area contributed by atoms with Crippen molar-refractivity contribution < 1.29 is 4.74 Å². The Balaban J connectivity index is 1.91. The van der Waals surface area contributed by atoms with E-state index >= 15 is 0 Å². The van der Waals surface area contributed by atoms with E-state index in [1.54, 1.807) is 25.4 Å². The quantitative estimate of drug-likeness (QED) is 0.545. The van der Waals surface area contributed by atoms with E-state index in [2.05, 4.69) is 55.2 Å². The first-order valence-corrected chi connectivity index (χ1v) is 11.7. The summed E-state index contributed by atoms with van der Waals surface area (Å²) in [6.45, 7) is 12.6. The van der Waals surface area contributed by atoms with Gasteiger partial charge in [-0.05, 0) is 72.1 Å². The van der Waals surface area contributed by atoms with Crippen LogP contribution in [-0.4, -0.2) is 47.2 Å². The van der Waals surface area contributed by atoms with Crippen molar-refractivity contribution in [3.8, 4) is 16.3 Å². The second-order valence-corrected chi connectivity index (χ2v) is 11.0. The summed E-state index contributed by atoms with van der Waals surface area (Å²) in [5, 5.41) is 22.5. The zero-order valence-electron chi connectivity index (χ0n) is 20.5. The molecule has 8 heteroatoms. The van der Waals surface area contributed by atoms with E-state index < -0.39 is 0 Å². The largest absolute Gasteiger partial charge is 0.496 e. The maximum Gasteiger partial charge on any atom is 0.208 e. The van der Waals surface area contributed by atoms with Crippen LogP contribution in [0.3, 0.4) is 0 Å². The highest BCUT2D eigenvalue weighted by Gasteiger charge is 2.39. The summed E-state index contributed by atoms with van der Waals surface area (Å²) in [5.41, 5.74) is 9.65. The van der Waals surface area contributed by atoms with Gasteiger partial charge in [0.2, 0.25) is 5.13 Å². The molecule has 0 radical (unpaired) electrons. The second kappa shape index (κ2) is 8.83. The van der Waals surface area contributed by atoms with Crippen LogP contribution in [0.15, 0.2) is 23.9 Å². The molecule has 0 amide bonds. The van der Waals surface area contributed by atoms with Crippen molar-refractivity contribution in [1.82, 2.24) is 15.5 Å². The molecule has 32 heavy (non-hydrogen) atoms. The molecule has 0 saturated carbocycles. The van der Waals surface area contributed by atoms with Crippen LogP contribution in [0.5, 0.6) is 5.75 Å². The first-order chi connectivity index (χ1) is 14.8. The van der Waals surface area contributed by atoms with E-state index in [0.29, 0.717) is 23.2 Å². The number of hydrogen-bond donors (Lipinski definition) is 3. The van der Waals surface area contributed by atoms with Gasteiger partial charge in [0, 0.05) is 41.1 Å². The van der Waals surface area contributed by atoms with Crippen LogP contribution in [-0.2, 0) is 0 Å². The van der Waals surface area contributed by atoms with E-state index in [1.165, 1.54) is 0 Å². The topological polar surface area (TPSA) is 100 Å².